The molecule has 104 valence electrons. The zero-order valence-corrected chi connectivity index (χ0v) is 10.6. The van der Waals surface area contributed by atoms with Gasteiger partial charge in [0, 0.05) is 12.2 Å². The Morgan fingerprint density at radius 2 is 1.95 bits per heavy atom. The molecule has 0 saturated heterocycles. The number of hydrogen-bond donors (Lipinski definition) is 3. The molecule has 0 saturated carbocycles. The largest absolute Gasteiger partial charge is 0.507 e. The van der Waals surface area contributed by atoms with Gasteiger partial charge in [-0.15, -0.1) is 0 Å². The van der Waals surface area contributed by atoms with Crippen molar-refractivity contribution in [2.75, 3.05) is 11.9 Å². The lowest BCUT2D eigenvalue weighted by Crippen LogP contribution is -2.07. The standard InChI is InChI=1S/C15H14FNO3/c16-13-4-2-1-3-10(13)7-8-17-11-5-6-14(18)12(9-11)15(19)20/h1-6,9,17-18H,7-8H2,(H,19,20). The molecule has 0 aliphatic heterocycles. The molecule has 4 nitrogen and oxygen atoms in total. The van der Waals surface area contributed by atoms with Crippen molar-refractivity contribution >= 4 is 11.7 Å². The minimum atomic E-state index is -1.19. The third-order valence-corrected chi connectivity index (χ3v) is 2.91. The van der Waals surface area contributed by atoms with Crippen LogP contribution in [0.25, 0.3) is 0 Å². The Labute approximate surface area is 115 Å². The fraction of sp³-hybridized carbons (Fsp3) is 0.133. The molecule has 3 N–H and O–H groups in total. The van der Waals surface area contributed by atoms with Gasteiger partial charge in [-0.2, -0.15) is 0 Å². The van der Waals surface area contributed by atoms with Crippen LogP contribution >= 0.6 is 0 Å². The molecule has 2 aromatic rings. The van der Waals surface area contributed by atoms with Gasteiger partial charge in [-0.25, -0.2) is 9.18 Å². The lowest BCUT2D eigenvalue weighted by molar-refractivity contribution is 0.0694. The summed E-state index contributed by atoms with van der Waals surface area (Å²) >= 11 is 0. The fourth-order valence-electron chi connectivity index (χ4n) is 1.86. The molecule has 0 radical (unpaired) electrons. The van der Waals surface area contributed by atoms with Crippen molar-refractivity contribution in [3.05, 3.63) is 59.4 Å². The van der Waals surface area contributed by atoms with Crippen molar-refractivity contribution in [2.45, 2.75) is 6.42 Å². The monoisotopic (exact) mass is 275 g/mol. The van der Waals surface area contributed by atoms with Crippen molar-refractivity contribution in [3.8, 4) is 5.75 Å². The maximum Gasteiger partial charge on any atom is 0.339 e. The number of benzene rings is 2. The maximum absolute atomic E-state index is 13.4. The summed E-state index contributed by atoms with van der Waals surface area (Å²) in [5.41, 5.74) is 0.995. The molecular weight excluding hydrogens is 261 g/mol. The summed E-state index contributed by atoms with van der Waals surface area (Å²) in [5, 5.41) is 21.3. The summed E-state index contributed by atoms with van der Waals surface area (Å²) in [6.07, 6.45) is 0.482. The zero-order chi connectivity index (χ0) is 14.5. The molecule has 0 fully saturated rings. The number of carbonyl (C=O) groups is 1. The highest BCUT2D eigenvalue weighted by Crippen LogP contribution is 2.21. The first-order valence-electron chi connectivity index (χ1n) is 6.11. The predicted molar refractivity (Wildman–Crippen MR) is 73.7 cm³/mol. The van der Waals surface area contributed by atoms with E-state index in [1.807, 2.05) is 0 Å². The van der Waals surface area contributed by atoms with E-state index in [1.165, 1.54) is 18.2 Å². The normalized spacial score (nSPS) is 10.2. The van der Waals surface area contributed by atoms with Crippen LogP contribution in [0.1, 0.15) is 15.9 Å². The fourth-order valence-corrected chi connectivity index (χ4v) is 1.86. The second-order valence-corrected chi connectivity index (χ2v) is 4.31. The van der Waals surface area contributed by atoms with Crippen LogP contribution in [-0.2, 0) is 6.42 Å². The number of rotatable bonds is 5. The van der Waals surface area contributed by atoms with Crippen LogP contribution in [0.4, 0.5) is 10.1 Å². The smallest absolute Gasteiger partial charge is 0.339 e. The maximum atomic E-state index is 13.4. The van der Waals surface area contributed by atoms with Crippen molar-refractivity contribution in [2.24, 2.45) is 0 Å². The minimum absolute atomic E-state index is 0.166. The van der Waals surface area contributed by atoms with E-state index in [9.17, 15) is 14.3 Å². The van der Waals surface area contributed by atoms with Gasteiger partial charge in [-0.05, 0) is 36.2 Å². The summed E-state index contributed by atoms with van der Waals surface area (Å²) in [6, 6.07) is 10.7. The molecule has 0 atom stereocenters. The SMILES string of the molecule is O=C(O)c1cc(NCCc2ccccc2F)ccc1O. The van der Waals surface area contributed by atoms with Crippen LogP contribution in [0.5, 0.6) is 5.75 Å². The van der Waals surface area contributed by atoms with Crippen molar-refractivity contribution in [1.29, 1.82) is 0 Å². The quantitative estimate of drug-likeness (QED) is 0.734. The Kier molecular flexibility index (Phi) is 4.20. The van der Waals surface area contributed by atoms with Gasteiger partial charge in [-0.1, -0.05) is 18.2 Å². The third kappa shape index (κ3) is 3.26. The van der Waals surface area contributed by atoms with Gasteiger partial charge < -0.3 is 15.5 Å². The number of aromatic hydroxyl groups is 1. The summed E-state index contributed by atoms with van der Waals surface area (Å²) < 4.78 is 13.4. The van der Waals surface area contributed by atoms with Crippen molar-refractivity contribution < 1.29 is 19.4 Å². The highest BCUT2D eigenvalue weighted by atomic mass is 19.1. The second-order valence-electron chi connectivity index (χ2n) is 4.31. The van der Waals surface area contributed by atoms with E-state index in [0.29, 0.717) is 24.2 Å². The molecule has 0 heterocycles. The van der Waals surface area contributed by atoms with E-state index >= 15 is 0 Å². The lowest BCUT2D eigenvalue weighted by Gasteiger charge is -2.08. The summed E-state index contributed by atoms with van der Waals surface area (Å²) in [5.74, 6) is -1.73. The molecule has 0 aliphatic rings. The molecule has 0 amide bonds. The Hall–Kier alpha value is -2.56. The van der Waals surface area contributed by atoms with Gasteiger partial charge in [0.25, 0.3) is 0 Å². The first-order valence-corrected chi connectivity index (χ1v) is 6.11. The minimum Gasteiger partial charge on any atom is -0.507 e. The average molecular weight is 275 g/mol. The number of anilines is 1. The van der Waals surface area contributed by atoms with Crippen molar-refractivity contribution in [1.82, 2.24) is 0 Å². The first-order chi connectivity index (χ1) is 9.58. The molecule has 20 heavy (non-hydrogen) atoms. The van der Waals surface area contributed by atoms with E-state index in [2.05, 4.69) is 5.32 Å². The number of carboxylic acid groups (broad SMARTS) is 1. The highest BCUT2D eigenvalue weighted by Gasteiger charge is 2.10. The summed E-state index contributed by atoms with van der Waals surface area (Å²) in [7, 11) is 0. The Morgan fingerprint density at radius 3 is 2.65 bits per heavy atom. The Balaban J connectivity index is 2.00. The van der Waals surface area contributed by atoms with Crippen LogP contribution in [-0.4, -0.2) is 22.7 Å². The molecule has 0 aromatic heterocycles. The van der Waals surface area contributed by atoms with Crippen LogP contribution in [0.3, 0.4) is 0 Å². The summed E-state index contributed by atoms with van der Waals surface area (Å²) in [4.78, 5) is 10.9. The van der Waals surface area contributed by atoms with Gasteiger partial charge in [0.15, 0.2) is 0 Å². The van der Waals surface area contributed by atoms with Crippen molar-refractivity contribution in [3.63, 3.8) is 0 Å². The molecular formula is C15H14FNO3. The van der Waals surface area contributed by atoms with E-state index in [-0.39, 0.29) is 17.1 Å². The number of phenols is 1. The first kappa shape index (κ1) is 13.9. The number of hydrogen-bond acceptors (Lipinski definition) is 3. The molecule has 2 aromatic carbocycles. The zero-order valence-electron chi connectivity index (χ0n) is 10.6. The van der Waals surface area contributed by atoms with Crippen LogP contribution in [0.15, 0.2) is 42.5 Å². The van der Waals surface area contributed by atoms with Crippen LogP contribution < -0.4 is 5.32 Å². The summed E-state index contributed by atoms with van der Waals surface area (Å²) in [6.45, 7) is 0.463. The predicted octanol–water partition coefficient (Wildman–Crippen LogP) is 2.88. The van der Waals surface area contributed by atoms with Gasteiger partial charge in [0.2, 0.25) is 0 Å². The Bertz CT molecular complexity index is 628. The van der Waals surface area contributed by atoms with E-state index < -0.39 is 5.97 Å². The second kappa shape index (κ2) is 6.06. The molecule has 5 heteroatoms. The van der Waals surface area contributed by atoms with Gasteiger partial charge in [0.1, 0.15) is 17.1 Å². The van der Waals surface area contributed by atoms with E-state index in [0.717, 1.165) is 0 Å². The van der Waals surface area contributed by atoms with Crippen LogP contribution in [0, 0.1) is 5.82 Å². The number of carboxylic acids is 1. The number of aromatic carboxylic acids is 1. The van der Waals surface area contributed by atoms with Crippen LogP contribution in [0.2, 0.25) is 0 Å². The number of nitrogens with one attached hydrogen (secondary N) is 1. The number of halogens is 1. The Morgan fingerprint density at radius 1 is 1.20 bits per heavy atom. The van der Waals surface area contributed by atoms with E-state index in [1.54, 1.807) is 24.3 Å². The highest BCUT2D eigenvalue weighted by molar-refractivity contribution is 5.91. The third-order valence-electron chi connectivity index (χ3n) is 2.91. The van der Waals surface area contributed by atoms with Gasteiger partial charge in [-0.3, -0.25) is 0 Å². The molecule has 2 rings (SSSR count). The van der Waals surface area contributed by atoms with Gasteiger partial charge in [0.05, 0.1) is 0 Å². The molecule has 0 aliphatic carbocycles. The molecule has 0 unspecified atom stereocenters. The molecule has 0 spiro atoms. The lowest BCUT2D eigenvalue weighted by atomic mass is 10.1. The van der Waals surface area contributed by atoms with E-state index in [4.69, 9.17) is 5.11 Å². The van der Waals surface area contributed by atoms with Gasteiger partial charge >= 0.3 is 5.97 Å². The topological polar surface area (TPSA) is 69.6 Å². The molecule has 0 bridgehead atoms. The average Bonchev–Trinajstić information content (AvgIpc) is 2.42.